The van der Waals surface area contributed by atoms with Crippen LogP contribution in [0.15, 0.2) is 61.3 Å². The molecule has 0 radical (unpaired) electrons. The lowest BCUT2D eigenvalue weighted by Gasteiger charge is -2.42. The van der Waals surface area contributed by atoms with Crippen molar-refractivity contribution in [2.75, 3.05) is 52.9 Å². The molecule has 0 aliphatic heterocycles. The van der Waals surface area contributed by atoms with E-state index in [0.717, 1.165) is 94.6 Å². The highest BCUT2D eigenvalue weighted by atomic mass is 28.5. The van der Waals surface area contributed by atoms with E-state index in [1.54, 1.807) is 33.8 Å². The second-order valence-corrected chi connectivity index (χ2v) is 54.7. The van der Waals surface area contributed by atoms with Crippen LogP contribution < -0.4 is 0 Å². The molecule has 0 rings (SSSR count). The molecule has 2 atom stereocenters. The zero-order valence-electron chi connectivity index (χ0n) is 54.3. The number of hydrogen-bond donors (Lipinski definition) is 0. The standard InChI is InChI=1S/C28H58O8Si4.C23H48O7Si4.C5H10O.12CH4/c1-13-31-19-18-24-40(12,35-38(8,9)23-17-15-21-33-28(30)26(4)5)36-39(10,11)34-37(6,7)22-16-14-20-32-27(29)25(2)3;1-20(2)22(24)26-16-12-14-18-32(6,7)28-31(5)29-34(10,11)30-33(8,9)19-15-13-17-27-23(25)21(3)4;1-3-5-6-4-2;;;;;;;;;;;;/h2,4,13-24H2,1,3,5-12H3;31H,1,3,12-19H2,2,4-11H3;3H,1,4-5H2,2H3;12*1H4. The first kappa shape index (κ1) is 127. The Balaban J connectivity index is -0.0000000816. The lowest BCUT2D eigenvalue weighted by molar-refractivity contribution is -0.139. The topological polar surface area (TPSA) is 179 Å². The molecule has 0 aliphatic carbocycles. The van der Waals surface area contributed by atoms with Gasteiger partial charge in [0.05, 0.1) is 33.0 Å². The van der Waals surface area contributed by atoms with Gasteiger partial charge >= 0.3 is 49.6 Å². The van der Waals surface area contributed by atoms with E-state index in [-0.39, 0.29) is 113 Å². The Morgan fingerprint density at radius 3 is 0.913 bits per heavy atom. The highest BCUT2D eigenvalue weighted by Gasteiger charge is 2.46. The maximum Gasteiger partial charge on any atom is 0.333 e. The molecule has 0 heterocycles. The van der Waals surface area contributed by atoms with Gasteiger partial charge in [-0.05, 0) is 196 Å². The van der Waals surface area contributed by atoms with Crippen LogP contribution in [0.4, 0.5) is 0 Å². The van der Waals surface area contributed by atoms with E-state index < -0.39 is 68.2 Å². The Morgan fingerprint density at radius 1 is 0.359 bits per heavy atom. The summed E-state index contributed by atoms with van der Waals surface area (Å²) in [5.41, 5.74) is 1.71. The number of hydrogen-bond acceptors (Lipinski definition) is 16. The number of ether oxygens (including phenoxy) is 6. The minimum absolute atomic E-state index is 0. The predicted octanol–water partition coefficient (Wildman–Crippen LogP) is 22.1. The highest BCUT2D eigenvalue weighted by molar-refractivity contribution is 6.90. The Bertz CT molecular complexity index is 1870. The van der Waals surface area contributed by atoms with Gasteiger partial charge in [0.2, 0.25) is 0 Å². The van der Waals surface area contributed by atoms with Crippen molar-refractivity contribution in [3.8, 4) is 0 Å². The molecule has 0 saturated carbocycles. The van der Waals surface area contributed by atoms with Crippen molar-refractivity contribution in [2.45, 2.75) is 310 Å². The maximum absolute atomic E-state index is 11.6. The summed E-state index contributed by atoms with van der Waals surface area (Å²) in [6.07, 6.45) is 9.68. The molecule has 0 N–H and O–H groups in total. The van der Waals surface area contributed by atoms with E-state index in [2.05, 4.69) is 125 Å². The SMILES string of the molecule is C.C.C.C.C.C.C.C.C.C.C.C.C=C(C)C(=O)OCCCC[Si](C)(C)O[SiH](C)O[Si](C)(C)O[Si](C)(C)CCCCOC(=O)C(=C)C.C=C(C)C(=O)OCCCC[Si](C)(C)O[Si](C)(C)O[Si](C)(CCCOCC)O[Si](C)(C)CCCCOC(=O)C(=C)C.C=CCOCC. The van der Waals surface area contributed by atoms with Crippen LogP contribution in [0.5, 0.6) is 0 Å². The molecular weight excluding hydrogens is 1300 g/mol. The van der Waals surface area contributed by atoms with Crippen LogP contribution in [0.25, 0.3) is 0 Å². The molecule has 0 spiro atoms. The van der Waals surface area contributed by atoms with E-state index in [0.29, 0.717) is 68.5 Å². The molecule has 0 aliphatic rings. The summed E-state index contributed by atoms with van der Waals surface area (Å²) in [6, 6.07) is 4.78. The molecule has 0 fully saturated rings. The molecule has 564 valence electrons. The first-order valence-corrected chi connectivity index (χ1v) is 51.7. The fourth-order valence-corrected chi connectivity index (χ4v) is 44.6. The molecule has 0 amide bonds. The van der Waals surface area contributed by atoms with Crippen molar-refractivity contribution in [3.63, 3.8) is 0 Å². The average molecular weight is 1460 g/mol. The van der Waals surface area contributed by atoms with Crippen LogP contribution in [-0.2, 0) is 72.3 Å². The van der Waals surface area contributed by atoms with Gasteiger partial charge in [-0.3, -0.25) is 0 Å². The second kappa shape index (κ2) is 66.2. The zero-order valence-corrected chi connectivity index (χ0v) is 62.4. The summed E-state index contributed by atoms with van der Waals surface area (Å²) in [7, 11) is -17.0. The van der Waals surface area contributed by atoms with Crippen LogP contribution in [-0.4, -0.2) is 145 Å². The van der Waals surface area contributed by atoms with Gasteiger partial charge in [-0.1, -0.05) is 147 Å². The van der Waals surface area contributed by atoms with Gasteiger partial charge in [0.15, 0.2) is 33.3 Å². The van der Waals surface area contributed by atoms with Crippen molar-refractivity contribution in [2.24, 2.45) is 0 Å². The number of unbranched alkanes of at least 4 members (excludes halogenated alkanes) is 4. The number of carbonyl (C=O) groups is 4. The molecule has 24 heteroatoms. The summed E-state index contributed by atoms with van der Waals surface area (Å²) < 4.78 is 71.4. The van der Waals surface area contributed by atoms with Gasteiger partial charge in [-0.2, -0.15) is 0 Å². The van der Waals surface area contributed by atoms with Crippen LogP contribution in [0.3, 0.4) is 0 Å². The van der Waals surface area contributed by atoms with Crippen LogP contribution in [0.2, 0.25) is 122 Å². The molecule has 16 nitrogen and oxygen atoms in total. The highest BCUT2D eigenvalue weighted by Crippen LogP contribution is 2.31. The monoisotopic (exact) mass is 1460 g/mol. The van der Waals surface area contributed by atoms with E-state index in [4.69, 9.17) is 53.1 Å². The Morgan fingerprint density at radius 2 is 0.641 bits per heavy atom. The number of carbonyl (C=O) groups excluding carboxylic acids is 4. The fourth-order valence-electron chi connectivity index (χ4n) is 8.29. The summed E-state index contributed by atoms with van der Waals surface area (Å²) in [4.78, 5) is 46.1. The van der Waals surface area contributed by atoms with Gasteiger partial charge < -0.3 is 53.1 Å². The first-order valence-electron chi connectivity index (χ1n) is 28.9. The van der Waals surface area contributed by atoms with Gasteiger partial charge in [-0.25, -0.2) is 19.2 Å². The third kappa shape index (κ3) is 75.4. The summed E-state index contributed by atoms with van der Waals surface area (Å²) >= 11 is 0. The minimum atomic E-state index is -2.56. The average Bonchev–Trinajstić information content (AvgIpc) is 3.29. The number of rotatable bonds is 44. The smallest absolute Gasteiger partial charge is 0.333 e. The first-order chi connectivity index (χ1) is 36.7. The van der Waals surface area contributed by atoms with E-state index in [9.17, 15) is 19.2 Å². The molecule has 0 aromatic rings. The van der Waals surface area contributed by atoms with E-state index >= 15 is 0 Å². The molecule has 0 aromatic heterocycles. The van der Waals surface area contributed by atoms with E-state index in [1.165, 1.54) is 0 Å². The predicted molar refractivity (Wildman–Crippen MR) is 429 cm³/mol. The molecule has 0 aromatic carbocycles. The number of esters is 4. The van der Waals surface area contributed by atoms with Crippen molar-refractivity contribution < 1.29 is 72.3 Å². The second-order valence-electron chi connectivity index (χ2n) is 23.9. The van der Waals surface area contributed by atoms with Crippen molar-refractivity contribution >= 4 is 92.1 Å². The maximum atomic E-state index is 11.6. The molecular formula is C68H164O16Si8. The van der Waals surface area contributed by atoms with Gasteiger partial charge in [0.25, 0.3) is 9.28 Å². The van der Waals surface area contributed by atoms with Crippen molar-refractivity contribution in [3.05, 3.63) is 61.3 Å². The quantitative estimate of drug-likeness (QED) is 0.0140. The lowest BCUT2D eigenvalue weighted by atomic mass is 10.3. The largest absolute Gasteiger partial charge is 0.462 e. The Hall–Kier alpha value is -2.00. The fraction of sp³-hybridized carbons (Fsp3) is 0.794. The molecule has 0 bridgehead atoms. The molecule has 92 heavy (non-hydrogen) atoms. The Kier molecular flexibility index (Phi) is 91.2. The third-order valence-electron chi connectivity index (χ3n) is 11.5. The minimum Gasteiger partial charge on any atom is -0.462 e. The normalized spacial score (nSPS) is 11.5. The van der Waals surface area contributed by atoms with Gasteiger partial charge in [0.1, 0.15) is 0 Å². The zero-order chi connectivity index (χ0) is 62.4. The molecule has 0 saturated heterocycles. The van der Waals surface area contributed by atoms with Crippen molar-refractivity contribution in [1.82, 2.24) is 0 Å². The summed E-state index contributed by atoms with van der Waals surface area (Å²) in [5.74, 6) is -1.32. The van der Waals surface area contributed by atoms with Crippen molar-refractivity contribution in [1.29, 1.82) is 0 Å². The summed E-state index contributed by atoms with van der Waals surface area (Å²) in [6.45, 7) is 63.6. The van der Waals surface area contributed by atoms with Crippen LogP contribution >= 0.6 is 0 Å². The Labute approximate surface area is 585 Å². The van der Waals surface area contributed by atoms with Gasteiger partial charge in [0, 0.05) is 42.1 Å². The third-order valence-corrected chi connectivity index (χ3v) is 42.5. The molecule has 2 unspecified atom stereocenters. The van der Waals surface area contributed by atoms with Gasteiger partial charge in [-0.15, -0.1) is 6.58 Å². The van der Waals surface area contributed by atoms with Crippen LogP contribution in [0, 0.1) is 0 Å². The van der Waals surface area contributed by atoms with Crippen LogP contribution in [0.1, 0.15) is 188 Å². The summed E-state index contributed by atoms with van der Waals surface area (Å²) in [5, 5.41) is 0. The van der Waals surface area contributed by atoms with E-state index in [1.807, 2.05) is 13.8 Å². The lowest BCUT2D eigenvalue weighted by Crippen LogP contribution is -2.57.